The Labute approximate surface area is 247 Å². The average molecular weight is 602 g/mol. The molecule has 9 nitrogen and oxygen atoms in total. The van der Waals surface area contributed by atoms with E-state index in [0.717, 1.165) is 16.1 Å². The molecule has 3 rings (SSSR count). The highest BCUT2D eigenvalue weighted by molar-refractivity contribution is 7.92. The first-order valence-electron chi connectivity index (χ1n) is 13.1. The van der Waals surface area contributed by atoms with Crippen LogP contribution in [0.3, 0.4) is 0 Å². The maximum Gasteiger partial charge on any atom is 0.244 e. The van der Waals surface area contributed by atoms with E-state index in [1.165, 1.54) is 31.3 Å². The maximum atomic E-state index is 14.2. The van der Waals surface area contributed by atoms with Crippen molar-refractivity contribution >= 4 is 39.1 Å². The van der Waals surface area contributed by atoms with Crippen molar-refractivity contribution in [2.45, 2.75) is 32.4 Å². The minimum atomic E-state index is -3.96. The van der Waals surface area contributed by atoms with Crippen LogP contribution in [0.2, 0.25) is 5.02 Å². The topological polar surface area (TPSA) is 105 Å². The first-order chi connectivity index (χ1) is 19.6. The number of amides is 2. The van der Waals surface area contributed by atoms with Crippen molar-refractivity contribution < 1.29 is 27.5 Å². The third kappa shape index (κ3) is 8.61. The normalized spacial score (nSPS) is 11.8. The number of nitrogens with one attached hydrogen (secondary N) is 1. The summed E-state index contributed by atoms with van der Waals surface area (Å²) in [6.45, 7) is 1.79. The molecule has 0 fully saturated rings. The largest absolute Gasteiger partial charge is 0.497 e. The number of ether oxygens (including phenoxy) is 2. The molecule has 1 unspecified atom stereocenters. The number of hydrogen-bond acceptors (Lipinski definition) is 6. The molecule has 41 heavy (non-hydrogen) atoms. The Morgan fingerprint density at radius 1 is 0.976 bits per heavy atom. The lowest BCUT2D eigenvalue weighted by Crippen LogP contribution is -2.53. The highest BCUT2D eigenvalue weighted by Crippen LogP contribution is 2.34. The summed E-state index contributed by atoms with van der Waals surface area (Å²) < 4.78 is 37.7. The summed E-state index contributed by atoms with van der Waals surface area (Å²) in [6, 6.07) is 20.1. The quantitative estimate of drug-likeness (QED) is 0.296. The van der Waals surface area contributed by atoms with Gasteiger partial charge in [0.25, 0.3) is 0 Å². The van der Waals surface area contributed by atoms with Crippen molar-refractivity contribution in [3.63, 3.8) is 0 Å². The van der Waals surface area contributed by atoms with Crippen LogP contribution in [-0.4, -0.2) is 64.7 Å². The Kier molecular flexibility index (Phi) is 11.4. The molecule has 1 N–H and O–H groups in total. The highest BCUT2D eigenvalue weighted by atomic mass is 35.5. The molecule has 0 bridgehead atoms. The van der Waals surface area contributed by atoms with Crippen LogP contribution >= 0.6 is 11.6 Å². The van der Waals surface area contributed by atoms with Gasteiger partial charge in [0.2, 0.25) is 21.8 Å². The first kappa shape index (κ1) is 31.8. The molecule has 11 heteroatoms. The zero-order valence-electron chi connectivity index (χ0n) is 23.7. The minimum absolute atomic E-state index is 0.00704. The minimum Gasteiger partial charge on any atom is -0.497 e. The number of carbonyl (C=O) groups is 2. The van der Waals surface area contributed by atoms with E-state index >= 15 is 0 Å². The molecule has 3 aromatic rings. The molecule has 0 aromatic heterocycles. The van der Waals surface area contributed by atoms with Gasteiger partial charge in [0.15, 0.2) is 0 Å². The zero-order chi connectivity index (χ0) is 30.0. The van der Waals surface area contributed by atoms with Crippen LogP contribution in [0.15, 0.2) is 72.8 Å². The second kappa shape index (κ2) is 14.7. The maximum absolute atomic E-state index is 14.2. The monoisotopic (exact) mass is 601 g/mol. The number of halogens is 1. The van der Waals surface area contributed by atoms with E-state index in [2.05, 4.69) is 5.32 Å². The van der Waals surface area contributed by atoms with Gasteiger partial charge in [0, 0.05) is 30.6 Å². The van der Waals surface area contributed by atoms with Crippen LogP contribution in [0.25, 0.3) is 0 Å². The van der Waals surface area contributed by atoms with Crippen molar-refractivity contribution in [3.05, 3.63) is 88.9 Å². The van der Waals surface area contributed by atoms with Crippen LogP contribution in [-0.2, 0) is 32.6 Å². The fraction of sp³-hybridized carbons (Fsp3) is 0.333. The van der Waals surface area contributed by atoms with E-state index < -0.39 is 28.5 Å². The Morgan fingerprint density at radius 3 is 2.27 bits per heavy atom. The molecule has 0 spiro atoms. The standard InChI is InChI=1S/C30H36ClN3O6S/c1-5-17-32-30(36)27(18-22-11-7-6-8-12-22)33(20-23-13-9-10-14-25(23)31)29(35)21-34(41(4,37)38)26-16-15-24(39-2)19-28(26)40-3/h6-16,19,27H,5,17-18,20-21H2,1-4H3,(H,32,36). The molecule has 220 valence electrons. The Bertz CT molecular complexity index is 1440. The number of benzene rings is 3. The first-order valence-corrected chi connectivity index (χ1v) is 15.4. The van der Waals surface area contributed by atoms with Gasteiger partial charge in [-0.15, -0.1) is 0 Å². The lowest BCUT2D eigenvalue weighted by molar-refractivity contribution is -0.140. The van der Waals surface area contributed by atoms with Crippen molar-refractivity contribution in [2.75, 3.05) is 37.9 Å². The number of nitrogens with zero attached hydrogens (tertiary/aromatic N) is 2. The number of sulfonamides is 1. The van der Waals surface area contributed by atoms with E-state index in [4.69, 9.17) is 21.1 Å². The summed E-state index contributed by atoms with van der Waals surface area (Å²) >= 11 is 6.47. The number of methoxy groups -OCH3 is 2. The Balaban J connectivity index is 2.09. The fourth-order valence-corrected chi connectivity index (χ4v) is 5.36. The van der Waals surface area contributed by atoms with E-state index in [9.17, 15) is 18.0 Å². The van der Waals surface area contributed by atoms with E-state index in [1.54, 1.807) is 30.3 Å². The molecule has 0 heterocycles. The molecule has 0 saturated carbocycles. The summed E-state index contributed by atoms with van der Waals surface area (Å²) in [5.41, 5.74) is 1.63. The highest BCUT2D eigenvalue weighted by Gasteiger charge is 2.34. The van der Waals surface area contributed by atoms with Crippen molar-refractivity contribution in [3.8, 4) is 11.5 Å². The second-order valence-corrected chi connectivity index (χ2v) is 11.7. The van der Waals surface area contributed by atoms with Gasteiger partial charge in [-0.2, -0.15) is 0 Å². The van der Waals surface area contributed by atoms with E-state index in [-0.39, 0.29) is 30.3 Å². The van der Waals surface area contributed by atoms with Crippen molar-refractivity contribution in [2.24, 2.45) is 0 Å². The van der Waals surface area contributed by atoms with Gasteiger partial charge in [0.05, 0.1) is 26.2 Å². The molecule has 2 amide bonds. The Morgan fingerprint density at radius 2 is 1.66 bits per heavy atom. The fourth-order valence-electron chi connectivity index (χ4n) is 4.32. The molecule has 0 aliphatic rings. The smallest absolute Gasteiger partial charge is 0.244 e. The Hall–Kier alpha value is -3.76. The number of anilines is 1. The van der Waals surface area contributed by atoms with Crippen molar-refractivity contribution in [1.82, 2.24) is 10.2 Å². The zero-order valence-corrected chi connectivity index (χ0v) is 25.2. The van der Waals surface area contributed by atoms with Gasteiger partial charge < -0.3 is 19.7 Å². The van der Waals surface area contributed by atoms with Gasteiger partial charge >= 0.3 is 0 Å². The number of hydrogen-bond donors (Lipinski definition) is 1. The number of carbonyl (C=O) groups excluding carboxylic acids is 2. The van der Waals surface area contributed by atoms with Gasteiger partial charge in [-0.3, -0.25) is 13.9 Å². The molecule has 0 aliphatic carbocycles. The lowest BCUT2D eigenvalue weighted by Gasteiger charge is -2.34. The van der Waals surface area contributed by atoms with Crippen LogP contribution in [0.5, 0.6) is 11.5 Å². The van der Waals surface area contributed by atoms with Crippen LogP contribution < -0.4 is 19.1 Å². The lowest BCUT2D eigenvalue weighted by atomic mass is 10.0. The predicted molar refractivity (Wildman–Crippen MR) is 161 cm³/mol. The third-order valence-corrected chi connectivity index (χ3v) is 7.95. The molecular weight excluding hydrogens is 566 g/mol. The summed E-state index contributed by atoms with van der Waals surface area (Å²) in [5.74, 6) is -0.257. The van der Waals surface area contributed by atoms with Gasteiger partial charge in [0.1, 0.15) is 24.1 Å². The third-order valence-electron chi connectivity index (χ3n) is 6.45. The van der Waals surface area contributed by atoms with Crippen LogP contribution in [0, 0.1) is 0 Å². The molecule has 0 saturated heterocycles. The summed E-state index contributed by atoms with van der Waals surface area (Å²) in [6.07, 6.45) is 1.94. The molecule has 3 aromatic carbocycles. The van der Waals surface area contributed by atoms with E-state index in [0.29, 0.717) is 29.3 Å². The molecule has 0 aliphatic heterocycles. The number of rotatable bonds is 14. The summed E-state index contributed by atoms with van der Waals surface area (Å²) in [5, 5.41) is 3.33. The van der Waals surface area contributed by atoms with Crippen LogP contribution in [0.4, 0.5) is 5.69 Å². The molecule has 1 atom stereocenters. The SMILES string of the molecule is CCCNC(=O)C(Cc1ccccc1)N(Cc1ccccc1Cl)C(=O)CN(c1ccc(OC)cc1OC)S(C)(=O)=O. The second-order valence-electron chi connectivity index (χ2n) is 9.42. The average Bonchev–Trinajstić information content (AvgIpc) is 2.96. The van der Waals surface area contributed by atoms with Gasteiger partial charge in [-0.1, -0.05) is 67.1 Å². The van der Waals surface area contributed by atoms with Gasteiger partial charge in [-0.25, -0.2) is 8.42 Å². The molecule has 0 radical (unpaired) electrons. The predicted octanol–water partition coefficient (Wildman–Crippen LogP) is 4.29. The van der Waals surface area contributed by atoms with Crippen molar-refractivity contribution in [1.29, 1.82) is 0 Å². The molecular formula is C30H36ClN3O6S. The summed E-state index contributed by atoms with van der Waals surface area (Å²) in [4.78, 5) is 29.1. The van der Waals surface area contributed by atoms with E-state index in [1.807, 2.05) is 37.3 Å². The van der Waals surface area contributed by atoms with Gasteiger partial charge in [-0.05, 0) is 35.7 Å². The van der Waals surface area contributed by atoms with Crippen LogP contribution in [0.1, 0.15) is 24.5 Å². The summed E-state index contributed by atoms with van der Waals surface area (Å²) in [7, 11) is -1.08.